The van der Waals surface area contributed by atoms with E-state index in [1.165, 1.54) is 0 Å². The van der Waals surface area contributed by atoms with Crippen molar-refractivity contribution in [3.8, 4) is 0 Å². The monoisotopic (exact) mass is 332 g/mol. The molecule has 1 aromatic carbocycles. The van der Waals surface area contributed by atoms with Crippen molar-refractivity contribution in [1.29, 1.82) is 0 Å². The number of nitrogens with zero attached hydrogens (tertiary/aromatic N) is 2. The van der Waals surface area contributed by atoms with Gasteiger partial charge in [-0.1, -0.05) is 23.7 Å². The number of benzene rings is 1. The first-order chi connectivity index (χ1) is 10.8. The van der Waals surface area contributed by atoms with Gasteiger partial charge in [0.25, 0.3) is 5.91 Å². The summed E-state index contributed by atoms with van der Waals surface area (Å²) >= 11 is 5.95. The molecule has 0 atom stereocenters. The second kappa shape index (κ2) is 7.42. The second-order valence-corrected chi connectivity index (χ2v) is 6.75. The Morgan fingerprint density at radius 3 is 2.57 bits per heavy atom. The molecular formula is C17H21ClN4O. The van der Waals surface area contributed by atoms with Crippen LogP contribution < -0.4 is 10.6 Å². The highest BCUT2D eigenvalue weighted by molar-refractivity contribution is 6.30. The molecule has 2 rings (SSSR count). The lowest BCUT2D eigenvalue weighted by Crippen LogP contribution is -2.41. The first-order valence-electron chi connectivity index (χ1n) is 7.48. The lowest BCUT2D eigenvalue weighted by Gasteiger charge is -2.19. The van der Waals surface area contributed by atoms with Crippen LogP contribution in [0.25, 0.3) is 0 Å². The number of halogens is 1. The quantitative estimate of drug-likeness (QED) is 0.881. The van der Waals surface area contributed by atoms with Crippen molar-refractivity contribution in [3.63, 3.8) is 0 Å². The number of amides is 1. The van der Waals surface area contributed by atoms with Gasteiger partial charge in [0.15, 0.2) is 5.69 Å². The van der Waals surface area contributed by atoms with Crippen molar-refractivity contribution < 1.29 is 4.79 Å². The molecular weight excluding hydrogens is 312 g/mol. The van der Waals surface area contributed by atoms with E-state index in [4.69, 9.17) is 11.6 Å². The third-order valence-electron chi connectivity index (χ3n) is 2.99. The van der Waals surface area contributed by atoms with Gasteiger partial charge in [0.2, 0.25) is 0 Å². The molecule has 23 heavy (non-hydrogen) atoms. The minimum absolute atomic E-state index is 0.226. The van der Waals surface area contributed by atoms with Crippen LogP contribution in [0.4, 0.5) is 5.82 Å². The van der Waals surface area contributed by atoms with Gasteiger partial charge in [0, 0.05) is 17.1 Å². The second-order valence-electron chi connectivity index (χ2n) is 6.31. The van der Waals surface area contributed by atoms with Gasteiger partial charge in [-0.05, 0) is 57.0 Å². The summed E-state index contributed by atoms with van der Waals surface area (Å²) in [4.78, 5) is 12.0. The number of carbonyl (C=O) groups excluding carboxylic acids is 1. The predicted octanol–water partition coefficient (Wildman–Crippen LogP) is 3.31. The topological polar surface area (TPSA) is 66.9 Å². The Kier molecular flexibility index (Phi) is 5.55. The molecule has 0 unspecified atom stereocenters. The fraction of sp³-hybridized carbons (Fsp3) is 0.353. The summed E-state index contributed by atoms with van der Waals surface area (Å²) in [7, 11) is 0. The summed E-state index contributed by atoms with van der Waals surface area (Å²) in [6, 6.07) is 11.2. The summed E-state index contributed by atoms with van der Waals surface area (Å²) < 4.78 is 0. The summed E-state index contributed by atoms with van der Waals surface area (Å²) in [5, 5.41) is 14.7. The van der Waals surface area contributed by atoms with E-state index in [9.17, 15) is 4.79 Å². The van der Waals surface area contributed by atoms with Gasteiger partial charge in [-0.2, -0.15) is 0 Å². The lowest BCUT2D eigenvalue weighted by atomic mass is 10.1. The van der Waals surface area contributed by atoms with Gasteiger partial charge in [0.1, 0.15) is 5.82 Å². The third kappa shape index (κ3) is 5.87. The summed E-state index contributed by atoms with van der Waals surface area (Å²) in [5.41, 5.74) is 1.16. The molecule has 2 N–H and O–H groups in total. The Bertz CT molecular complexity index is 665. The van der Waals surface area contributed by atoms with Crippen LogP contribution in [0.2, 0.25) is 5.02 Å². The van der Waals surface area contributed by atoms with E-state index in [0.29, 0.717) is 18.1 Å². The number of rotatable bonds is 5. The van der Waals surface area contributed by atoms with Crippen LogP contribution in [0.15, 0.2) is 36.4 Å². The average Bonchev–Trinajstić information content (AvgIpc) is 2.46. The zero-order chi connectivity index (χ0) is 16.9. The van der Waals surface area contributed by atoms with Crippen LogP contribution in [0.3, 0.4) is 0 Å². The molecule has 0 aliphatic heterocycles. The highest BCUT2D eigenvalue weighted by Gasteiger charge is 2.16. The fourth-order valence-corrected chi connectivity index (χ4v) is 2.19. The minimum atomic E-state index is -0.299. The smallest absolute Gasteiger partial charge is 0.272 e. The molecule has 0 fully saturated rings. The average molecular weight is 333 g/mol. The van der Waals surface area contributed by atoms with E-state index >= 15 is 0 Å². The molecule has 0 bridgehead atoms. The lowest BCUT2D eigenvalue weighted by molar-refractivity contribution is 0.0913. The van der Waals surface area contributed by atoms with Crippen LogP contribution in [0, 0.1) is 0 Å². The molecule has 0 aliphatic carbocycles. The highest BCUT2D eigenvalue weighted by atomic mass is 35.5. The van der Waals surface area contributed by atoms with Crippen LogP contribution in [0.1, 0.15) is 36.8 Å². The van der Waals surface area contributed by atoms with Crippen molar-refractivity contribution in [3.05, 3.63) is 52.7 Å². The Morgan fingerprint density at radius 2 is 1.96 bits per heavy atom. The van der Waals surface area contributed by atoms with Crippen LogP contribution in [-0.4, -0.2) is 28.2 Å². The van der Waals surface area contributed by atoms with Gasteiger partial charge in [-0.3, -0.25) is 4.79 Å². The van der Waals surface area contributed by atoms with E-state index in [1.807, 2.05) is 45.0 Å². The van der Waals surface area contributed by atoms with E-state index in [-0.39, 0.29) is 11.4 Å². The standard InChI is InChI=1S/C17H21ClN4O/c1-17(2,3)20-16(23)14-7-8-15(22-21-14)19-10-9-12-5-4-6-13(18)11-12/h4-8,11H,9-10H2,1-3H3,(H,19,22)(H,20,23). The number of nitrogens with one attached hydrogen (secondary N) is 2. The SMILES string of the molecule is CC(C)(C)NC(=O)c1ccc(NCCc2cccc(Cl)c2)nn1. The van der Waals surface area contributed by atoms with Gasteiger partial charge in [-0.15, -0.1) is 10.2 Å². The van der Waals surface area contributed by atoms with E-state index in [0.717, 1.165) is 17.0 Å². The Labute approximate surface area is 141 Å². The number of carbonyl (C=O) groups is 1. The molecule has 6 heteroatoms. The Morgan fingerprint density at radius 1 is 1.17 bits per heavy atom. The molecule has 0 saturated heterocycles. The molecule has 1 amide bonds. The maximum atomic E-state index is 12.0. The first kappa shape index (κ1) is 17.2. The largest absolute Gasteiger partial charge is 0.368 e. The molecule has 1 heterocycles. The van der Waals surface area contributed by atoms with E-state index in [2.05, 4.69) is 20.8 Å². The molecule has 122 valence electrons. The molecule has 1 aromatic heterocycles. The van der Waals surface area contributed by atoms with Gasteiger partial charge < -0.3 is 10.6 Å². The maximum Gasteiger partial charge on any atom is 0.272 e. The maximum absolute atomic E-state index is 12.0. The normalized spacial score (nSPS) is 11.1. The summed E-state index contributed by atoms with van der Waals surface area (Å²) in [6.07, 6.45) is 0.828. The minimum Gasteiger partial charge on any atom is -0.368 e. The van der Waals surface area contributed by atoms with E-state index < -0.39 is 0 Å². The van der Waals surface area contributed by atoms with Gasteiger partial charge >= 0.3 is 0 Å². The molecule has 0 saturated carbocycles. The molecule has 2 aromatic rings. The number of aromatic nitrogens is 2. The number of hydrogen-bond donors (Lipinski definition) is 2. The Balaban J connectivity index is 1.86. The highest BCUT2D eigenvalue weighted by Crippen LogP contribution is 2.11. The molecule has 5 nitrogen and oxygen atoms in total. The zero-order valence-electron chi connectivity index (χ0n) is 13.6. The zero-order valence-corrected chi connectivity index (χ0v) is 14.3. The van der Waals surface area contributed by atoms with Gasteiger partial charge in [0.05, 0.1) is 0 Å². The number of hydrogen-bond acceptors (Lipinski definition) is 4. The van der Waals surface area contributed by atoms with Crippen molar-refractivity contribution in [2.45, 2.75) is 32.7 Å². The van der Waals surface area contributed by atoms with E-state index in [1.54, 1.807) is 12.1 Å². The number of anilines is 1. The predicted molar refractivity (Wildman–Crippen MR) is 92.9 cm³/mol. The summed E-state index contributed by atoms with van der Waals surface area (Å²) in [6.45, 7) is 6.47. The first-order valence-corrected chi connectivity index (χ1v) is 7.86. The molecule has 0 radical (unpaired) electrons. The van der Waals surface area contributed by atoms with Crippen molar-refractivity contribution in [2.24, 2.45) is 0 Å². The van der Waals surface area contributed by atoms with Crippen molar-refractivity contribution in [2.75, 3.05) is 11.9 Å². The fourth-order valence-electron chi connectivity index (χ4n) is 1.98. The van der Waals surface area contributed by atoms with Crippen LogP contribution >= 0.6 is 11.6 Å². The molecule has 0 spiro atoms. The van der Waals surface area contributed by atoms with Crippen LogP contribution in [-0.2, 0) is 6.42 Å². The van der Waals surface area contributed by atoms with Crippen LogP contribution in [0.5, 0.6) is 0 Å². The summed E-state index contributed by atoms with van der Waals surface area (Å²) in [5.74, 6) is 0.412. The third-order valence-corrected chi connectivity index (χ3v) is 3.23. The van der Waals surface area contributed by atoms with Gasteiger partial charge in [-0.25, -0.2) is 0 Å². The molecule has 0 aliphatic rings. The Hall–Kier alpha value is -2.14. The van der Waals surface area contributed by atoms with Crippen molar-refractivity contribution in [1.82, 2.24) is 15.5 Å². The van der Waals surface area contributed by atoms with Crippen molar-refractivity contribution >= 4 is 23.3 Å².